The van der Waals surface area contributed by atoms with E-state index in [0.29, 0.717) is 30.7 Å². The molecule has 0 spiro atoms. The van der Waals surface area contributed by atoms with Gasteiger partial charge in [-0.2, -0.15) is 5.10 Å². The molecule has 140 valence electrons. The molecule has 0 amide bonds. The number of nitrogens with two attached hydrogens (primary N) is 1. The highest BCUT2D eigenvalue weighted by Gasteiger charge is 2.07. The SMILES string of the molecule is CCOc1cc(C=Nn2cc(C)nc2N)ccc1OCc1cccc(C)c1. The maximum Gasteiger partial charge on any atom is 0.221 e. The molecular weight excluding hydrogens is 340 g/mol. The van der Waals surface area contributed by atoms with Crippen molar-refractivity contribution in [2.24, 2.45) is 5.10 Å². The first kappa shape index (κ1) is 18.5. The van der Waals surface area contributed by atoms with Crippen LogP contribution in [0.25, 0.3) is 0 Å². The average Bonchev–Trinajstić information content (AvgIpc) is 2.97. The Bertz CT molecular complexity index is 947. The highest BCUT2D eigenvalue weighted by atomic mass is 16.5. The van der Waals surface area contributed by atoms with Gasteiger partial charge >= 0.3 is 0 Å². The van der Waals surface area contributed by atoms with Crippen LogP contribution in [0.5, 0.6) is 11.5 Å². The lowest BCUT2D eigenvalue weighted by Gasteiger charge is -2.13. The lowest BCUT2D eigenvalue weighted by atomic mass is 10.1. The zero-order valence-electron chi connectivity index (χ0n) is 15.8. The van der Waals surface area contributed by atoms with Gasteiger partial charge in [0.05, 0.1) is 24.7 Å². The van der Waals surface area contributed by atoms with Crippen molar-refractivity contribution in [2.45, 2.75) is 27.4 Å². The molecule has 0 radical (unpaired) electrons. The summed E-state index contributed by atoms with van der Waals surface area (Å²) in [6, 6.07) is 14.0. The normalized spacial score (nSPS) is 11.1. The summed E-state index contributed by atoms with van der Waals surface area (Å²) in [6.45, 7) is 6.92. The number of benzene rings is 2. The van der Waals surface area contributed by atoms with Crippen molar-refractivity contribution in [1.82, 2.24) is 9.66 Å². The Balaban J connectivity index is 1.76. The second kappa shape index (κ2) is 8.40. The van der Waals surface area contributed by atoms with Crippen molar-refractivity contribution in [1.29, 1.82) is 0 Å². The third kappa shape index (κ3) is 4.88. The molecule has 0 unspecified atom stereocenters. The fraction of sp³-hybridized carbons (Fsp3) is 0.238. The van der Waals surface area contributed by atoms with Gasteiger partial charge in [0.2, 0.25) is 5.95 Å². The fourth-order valence-electron chi connectivity index (χ4n) is 2.68. The van der Waals surface area contributed by atoms with Crippen LogP contribution in [0.2, 0.25) is 0 Å². The molecule has 0 bridgehead atoms. The summed E-state index contributed by atoms with van der Waals surface area (Å²) in [7, 11) is 0. The van der Waals surface area contributed by atoms with Crippen LogP contribution in [0.4, 0.5) is 5.95 Å². The van der Waals surface area contributed by atoms with Crippen LogP contribution in [0.15, 0.2) is 53.8 Å². The summed E-state index contributed by atoms with van der Waals surface area (Å²) in [4.78, 5) is 4.13. The van der Waals surface area contributed by atoms with Gasteiger partial charge in [0.25, 0.3) is 0 Å². The van der Waals surface area contributed by atoms with Crippen molar-refractivity contribution in [3.8, 4) is 11.5 Å². The Labute approximate surface area is 159 Å². The Morgan fingerprint density at radius 1 is 1.11 bits per heavy atom. The molecule has 6 heteroatoms. The maximum atomic E-state index is 5.97. The third-order valence-electron chi connectivity index (χ3n) is 3.91. The number of anilines is 1. The maximum absolute atomic E-state index is 5.97. The Kier molecular flexibility index (Phi) is 5.76. The molecule has 0 atom stereocenters. The van der Waals surface area contributed by atoms with Crippen LogP contribution in [-0.2, 0) is 6.61 Å². The zero-order valence-corrected chi connectivity index (χ0v) is 15.8. The number of nitrogen functional groups attached to an aromatic ring is 1. The molecule has 1 aromatic heterocycles. The number of ether oxygens (including phenoxy) is 2. The van der Waals surface area contributed by atoms with E-state index >= 15 is 0 Å². The molecule has 27 heavy (non-hydrogen) atoms. The molecule has 0 aliphatic carbocycles. The summed E-state index contributed by atoms with van der Waals surface area (Å²) in [6.07, 6.45) is 3.49. The van der Waals surface area contributed by atoms with Crippen LogP contribution in [0.3, 0.4) is 0 Å². The number of rotatable bonds is 7. The van der Waals surface area contributed by atoms with E-state index in [4.69, 9.17) is 15.2 Å². The van der Waals surface area contributed by atoms with Gasteiger partial charge < -0.3 is 15.2 Å². The predicted molar refractivity (Wildman–Crippen MR) is 107 cm³/mol. The summed E-state index contributed by atoms with van der Waals surface area (Å²) in [5.74, 6) is 1.74. The number of hydrogen-bond donors (Lipinski definition) is 1. The Morgan fingerprint density at radius 3 is 2.67 bits per heavy atom. The molecule has 2 aromatic carbocycles. The highest BCUT2D eigenvalue weighted by Crippen LogP contribution is 2.29. The van der Waals surface area contributed by atoms with Crippen molar-refractivity contribution in [3.05, 3.63) is 71.0 Å². The van der Waals surface area contributed by atoms with E-state index in [1.807, 2.05) is 44.2 Å². The van der Waals surface area contributed by atoms with Crippen molar-refractivity contribution in [2.75, 3.05) is 12.3 Å². The van der Waals surface area contributed by atoms with Gasteiger partial charge in [-0.3, -0.25) is 0 Å². The van der Waals surface area contributed by atoms with Crippen molar-refractivity contribution in [3.63, 3.8) is 0 Å². The molecule has 1 heterocycles. The van der Waals surface area contributed by atoms with E-state index in [0.717, 1.165) is 16.8 Å². The van der Waals surface area contributed by atoms with Gasteiger partial charge in [0, 0.05) is 0 Å². The molecule has 3 aromatic rings. The summed E-state index contributed by atoms with van der Waals surface area (Å²) >= 11 is 0. The largest absolute Gasteiger partial charge is 0.490 e. The second-order valence-electron chi connectivity index (χ2n) is 6.25. The number of aryl methyl sites for hydroxylation is 2. The molecular formula is C21H24N4O2. The van der Waals surface area contributed by atoms with E-state index in [9.17, 15) is 0 Å². The summed E-state index contributed by atoms with van der Waals surface area (Å²) in [5, 5.41) is 4.34. The van der Waals surface area contributed by atoms with Crippen LogP contribution >= 0.6 is 0 Å². The number of aromatic nitrogens is 2. The smallest absolute Gasteiger partial charge is 0.221 e. The van der Waals surface area contributed by atoms with E-state index in [1.54, 1.807) is 12.4 Å². The average molecular weight is 364 g/mol. The van der Waals surface area contributed by atoms with Gasteiger partial charge in [0.15, 0.2) is 11.5 Å². The molecule has 0 aliphatic heterocycles. The molecule has 0 saturated carbocycles. The monoisotopic (exact) mass is 364 g/mol. The Morgan fingerprint density at radius 2 is 1.96 bits per heavy atom. The van der Waals surface area contributed by atoms with Crippen LogP contribution in [0.1, 0.15) is 29.3 Å². The highest BCUT2D eigenvalue weighted by molar-refractivity contribution is 5.81. The molecule has 0 fully saturated rings. The molecule has 6 nitrogen and oxygen atoms in total. The third-order valence-corrected chi connectivity index (χ3v) is 3.91. The quantitative estimate of drug-likeness (QED) is 0.644. The van der Waals surface area contributed by atoms with Crippen molar-refractivity contribution < 1.29 is 9.47 Å². The molecule has 2 N–H and O–H groups in total. The van der Waals surface area contributed by atoms with Gasteiger partial charge in [-0.05, 0) is 50.1 Å². The number of hydrogen-bond acceptors (Lipinski definition) is 5. The molecule has 0 saturated heterocycles. The van der Waals surface area contributed by atoms with Gasteiger partial charge in [-0.25, -0.2) is 9.66 Å². The number of nitrogens with zero attached hydrogens (tertiary/aromatic N) is 3. The van der Waals surface area contributed by atoms with Gasteiger partial charge in [-0.15, -0.1) is 0 Å². The summed E-state index contributed by atoms with van der Waals surface area (Å²) in [5.41, 5.74) is 9.84. The minimum absolute atomic E-state index is 0.354. The van der Waals surface area contributed by atoms with Crippen LogP contribution in [0, 0.1) is 13.8 Å². The number of imidazole rings is 1. The lowest BCUT2D eigenvalue weighted by Crippen LogP contribution is -2.01. The van der Waals surface area contributed by atoms with E-state index in [-0.39, 0.29) is 0 Å². The van der Waals surface area contributed by atoms with E-state index in [2.05, 4.69) is 29.1 Å². The van der Waals surface area contributed by atoms with Crippen LogP contribution in [-0.4, -0.2) is 22.5 Å². The zero-order chi connectivity index (χ0) is 19.2. The topological polar surface area (TPSA) is 74.7 Å². The first-order chi connectivity index (χ1) is 13.0. The second-order valence-corrected chi connectivity index (χ2v) is 6.25. The predicted octanol–water partition coefficient (Wildman–Crippen LogP) is 3.94. The first-order valence-corrected chi connectivity index (χ1v) is 8.86. The Hall–Kier alpha value is -3.28. The first-order valence-electron chi connectivity index (χ1n) is 8.86. The minimum Gasteiger partial charge on any atom is -0.490 e. The molecule has 3 rings (SSSR count). The fourth-order valence-corrected chi connectivity index (χ4v) is 2.68. The van der Waals surface area contributed by atoms with Gasteiger partial charge in [-0.1, -0.05) is 29.8 Å². The van der Waals surface area contributed by atoms with E-state index < -0.39 is 0 Å². The van der Waals surface area contributed by atoms with Crippen molar-refractivity contribution >= 4 is 12.2 Å². The lowest BCUT2D eigenvalue weighted by molar-refractivity contribution is 0.269. The van der Waals surface area contributed by atoms with E-state index in [1.165, 1.54) is 10.2 Å². The summed E-state index contributed by atoms with van der Waals surface area (Å²) < 4.78 is 13.2. The molecule has 0 aliphatic rings. The minimum atomic E-state index is 0.354. The standard InChI is InChI=1S/C21H24N4O2/c1-4-26-20-11-17(12-23-25-13-16(3)24-21(25)22)8-9-19(20)27-14-18-7-5-6-15(2)10-18/h5-13H,4,14H2,1-3H3,(H2,22,24). The van der Waals surface area contributed by atoms with Crippen LogP contribution < -0.4 is 15.2 Å². The van der Waals surface area contributed by atoms with Gasteiger partial charge in [0.1, 0.15) is 6.61 Å².